The molecular weight excluding hydrogens is 294 g/mol. The molecule has 1 aromatic carbocycles. The first-order valence-electron chi connectivity index (χ1n) is 9.33. The van der Waals surface area contributed by atoms with Crippen molar-refractivity contribution in [3.05, 3.63) is 60.2 Å². The van der Waals surface area contributed by atoms with Gasteiger partial charge < -0.3 is 5.32 Å². The fourth-order valence-electron chi connectivity index (χ4n) is 2.45. The van der Waals surface area contributed by atoms with E-state index < -0.39 is 0 Å². The van der Waals surface area contributed by atoms with E-state index in [2.05, 4.69) is 55.6 Å². The Kier molecular flexibility index (Phi) is 11.5. The second-order valence-corrected chi connectivity index (χ2v) is 6.72. The fourth-order valence-corrected chi connectivity index (χ4v) is 2.45. The number of benzene rings is 1. The molecule has 0 unspecified atom stereocenters. The monoisotopic (exact) mass is 327 g/mol. The predicted octanol–water partition coefficient (Wildman–Crippen LogP) is 5.45. The first-order valence-corrected chi connectivity index (χ1v) is 9.33. The van der Waals surface area contributed by atoms with Crippen LogP contribution in [0.15, 0.2) is 54.6 Å². The van der Waals surface area contributed by atoms with Crippen molar-refractivity contribution in [2.45, 2.75) is 58.8 Å². The molecule has 24 heavy (non-hydrogen) atoms. The summed E-state index contributed by atoms with van der Waals surface area (Å²) in [6.45, 7) is 4.91. The molecule has 132 valence electrons. The number of unbranched alkanes of at least 4 members (excludes halogenated alkanes) is 5. The molecule has 0 radical (unpaired) electrons. The van der Waals surface area contributed by atoms with Gasteiger partial charge in [0, 0.05) is 12.6 Å². The average molecular weight is 328 g/mol. The van der Waals surface area contributed by atoms with Crippen molar-refractivity contribution >= 4 is 5.91 Å². The van der Waals surface area contributed by atoms with Crippen LogP contribution < -0.4 is 5.32 Å². The molecule has 0 aliphatic heterocycles. The SMILES string of the molecule is CC(C)CNC(=O)/C=C/C=C/CCCCCCCc1ccccc1. The predicted molar refractivity (Wildman–Crippen MR) is 104 cm³/mol. The number of carbonyl (C=O) groups is 1. The lowest BCUT2D eigenvalue weighted by atomic mass is 10.0. The highest BCUT2D eigenvalue weighted by Crippen LogP contribution is 2.09. The van der Waals surface area contributed by atoms with Gasteiger partial charge in [0.1, 0.15) is 0 Å². The summed E-state index contributed by atoms with van der Waals surface area (Å²) in [5, 5.41) is 2.86. The molecule has 1 aromatic rings. The Morgan fingerprint density at radius 1 is 1.00 bits per heavy atom. The maximum atomic E-state index is 11.5. The van der Waals surface area contributed by atoms with Crippen molar-refractivity contribution in [1.82, 2.24) is 5.32 Å². The summed E-state index contributed by atoms with van der Waals surface area (Å²) < 4.78 is 0. The highest BCUT2D eigenvalue weighted by Gasteiger charge is 1.96. The van der Waals surface area contributed by atoms with Crippen molar-refractivity contribution in [3.8, 4) is 0 Å². The van der Waals surface area contributed by atoms with Crippen LogP contribution in [-0.2, 0) is 11.2 Å². The minimum Gasteiger partial charge on any atom is -0.352 e. The fraction of sp³-hybridized carbons (Fsp3) is 0.500. The zero-order valence-corrected chi connectivity index (χ0v) is 15.3. The lowest BCUT2D eigenvalue weighted by Crippen LogP contribution is -2.25. The van der Waals surface area contributed by atoms with Gasteiger partial charge in [-0.2, -0.15) is 0 Å². The van der Waals surface area contributed by atoms with Crippen molar-refractivity contribution in [2.24, 2.45) is 5.92 Å². The maximum absolute atomic E-state index is 11.5. The van der Waals surface area contributed by atoms with Crippen molar-refractivity contribution < 1.29 is 4.79 Å². The Labute approximate surface area is 148 Å². The second kappa shape index (κ2) is 13.6. The number of aryl methyl sites for hydroxylation is 1. The van der Waals surface area contributed by atoms with Gasteiger partial charge in [-0.1, -0.05) is 81.7 Å². The number of rotatable bonds is 12. The van der Waals surface area contributed by atoms with Crippen LogP contribution >= 0.6 is 0 Å². The van der Waals surface area contributed by atoms with Gasteiger partial charge in [0.25, 0.3) is 0 Å². The van der Waals surface area contributed by atoms with E-state index in [1.54, 1.807) is 6.08 Å². The van der Waals surface area contributed by atoms with Gasteiger partial charge >= 0.3 is 0 Å². The molecule has 0 bridgehead atoms. The van der Waals surface area contributed by atoms with Crippen LogP contribution in [-0.4, -0.2) is 12.5 Å². The highest BCUT2D eigenvalue weighted by molar-refractivity contribution is 5.87. The van der Waals surface area contributed by atoms with Crippen LogP contribution in [0.5, 0.6) is 0 Å². The Morgan fingerprint density at radius 3 is 2.46 bits per heavy atom. The minimum atomic E-state index is -0.00762. The normalized spacial score (nSPS) is 11.6. The van der Waals surface area contributed by atoms with Crippen LogP contribution in [0.4, 0.5) is 0 Å². The molecule has 2 nitrogen and oxygen atoms in total. The number of hydrogen-bond acceptors (Lipinski definition) is 1. The molecule has 0 atom stereocenters. The Hall–Kier alpha value is -1.83. The molecule has 0 spiro atoms. The molecule has 2 heteroatoms. The molecule has 1 N–H and O–H groups in total. The van der Waals surface area contributed by atoms with Gasteiger partial charge in [-0.05, 0) is 37.2 Å². The Morgan fingerprint density at radius 2 is 1.71 bits per heavy atom. The molecule has 1 amide bonds. The summed E-state index contributed by atoms with van der Waals surface area (Å²) in [4.78, 5) is 11.5. The molecule has 0 fully saturated rings. The largest absolute Gasteiger partial charge is 0.352 e. The summed E-state index contributed by atoms with van der Waals surface area (Å²) >= 11 is 0. The molecule has 0 heterocycles. The van der Waals surface area contributed by atoms with Crippen LogP contribution in [0, 0.1) is 5.92 Å². The summed E-state index contributed by atoms with van der Waals surface area (Å²) in [5.74, 6) is 0.484. The minimum absolute atomic E-state index is 0.00762. The second-order valence-electron chi connectivity index (χ2n) is 6.72. The lowest BCUT2D eigenvalue weighted by Gasteiger charge is -2.03. The quantitative estimate of drug-likeness (QED) is 0.308. The first kappa shape index (κ1) is 20.2. The van der Waals surface area contributed by atoms with Crippen LogP contribution in [0.25, 0.3) is 0 Å². The van der Waals surface area contributed by atoms with Gasteiger partial charge in [-0.3, -0.25) is 4.79 Å². The van der Waals surface area contributed by atoms with Crippen molar-refractivity contribution in [3.63, 3.8) is 0 Å². The average Bonchev–Trinajstić information content (AvgIpc) is 2.58. The van der Waals surface area contributed by atoms with Gasteiger partial charge in [0.15, 0.2) is 0 Å². The topological polar surface area (TPSA) is 29.1 Å². The van der Waals surface area contributed by atoms with Crippen molar-refractivity contribution in [2.75, 3.05) is 6.54 Å². The molecule has 0 aliphatic carbocycles. The lowest BCUT2D eigenvalue weighted by molar-refractivity contribution is -0.116. The van der Waals surface area contributed by atoms with Gasteiger partial charge in [-0.15, -0.1) is 0 Å². The molecule has 0 aliphatic rings. The number of carbonyl (C=O) groups excluding carboxylic acids is 1. The van der Waals surface area contributed by atoms with Crippen LogP contribution in [0.2, 0.25) is 0 Å². The number of amides is 1. The molecule has 0 aromatic heterocycles. The molecular formula is C22H33NO. The van der Waals surface area contributed by atoms with E-state index in [9.17, 15) is 4.79 Å². The Balaban J connectivity index is 1.93. The number of allylic oxidation sites excluding steroid dienone is 3. The summed E-state index contributed by atoms with van der Waals surface area (Å²) in [6.07, 6.45) is 16.3. The third-order valence-electron chi connectivity index (χ3n) is 3.86. The van der Waals surface area contributed by atoms with E-state index in [0.29, 0.717) is 5.92 Å². The van der Waals surface area contributed by atoms with Crippen LogP contribution in [0.1, 0.15) is 57.9 Å². The van der Waals surface area contributed by atoms with Crippen LogP contribution in [0.3, 0.4) is 0 Å². The third-order valence-corrected chi connectivity index (χ3v) is 3.86. The van der Waals surface area contributed by atoms with E-state index >= 15 is 0 Å². The number of nitrogens with one attached hydrogen (secondary N) is 1. The summed E-state index contributed by atoms with van der Waals surface area (Å²) in [6, 6.07) is 10.7. The zero-order chi connectivity index (χ0) is 17.5. The zero-order valence-electron chi connectivity index (χ0n) is 15.3. The van der Waals surface area contributed by atoms with E-state index in [-0.39, 0.29) is 5.91 Å². The first-order chi connectivity index (χ1) is 11.7. The summed E-state index contributed by atoms with van der Waals surface area (Å²) in [7, 11) is 0. The van der Waals surface area contributed by atoms with E-state index in [0.717, 1.165) is 13.0 Å². The third kappa shape index (κ3) is 11.7. The highest BCUT2D eigenvalue weighted by atomic mass is 16.1. The van der Waals surface area contributed by atoms with Gasteiger partial charge in [0.05, 0.1) is 0 Å². The van der Waals surface area contributed by atoms with E-state index in [4.69, 9.17) is 0 Å². The van der Waals surface area contributed by atoms with E-state index in [1.807, 2.05) is 12.2 Å². The smallest absolute Gasteiger partial charge is 0.243 e. The maximum Gasteiger partial charge on any atom is 0.243 e. The van der Waals surface area contributed by atoms with Gasteiger partial charge in [0.2, 0.25) is 5.91 Å². The van der Waals surface area contributed by atoms with Gasteiger partial charge in [-0.25, -0.2) is 0 Å². The molecule has 0 saturated carbocycles. The summed E-state index contributed by atoms with van der Waals surface area (Å²) in [5.41, 5.74) is 1.45. The van der Waals surface area contributed by atoms with Crippen molar-refractivity contribution in [1.29, 1.82) is 0 Å². The Bertz CT molecular complexity index is 488. The molecule has 0 saturated heterocycles. The standard InChI is InChI=1S/C22H33NO/c1-20(2)19-23-22(24)18-14-9-7-5-3-4-6-8-11-15-21-16-12-10-13-17-21/h7,9-10,12-14,16-18,20H,3-6,8,11,15,19H2,1-2H3,(H,23,24)/b9-7+,18-14+. The van der Waals surface area contributed by atoms with E-state index in [1.165, 1.54) is 44.1 Å². The molecule has 1 rings (SSSR count). The number of hydrogen-bond donors (Lipinski definition) is 1.